The Morgan fingerprint density at radius 3 is 2.38 bits per heavy atom. The summed E-state index contributed by atoms with van der Waals surface area (Å²) in [4.78, 5) is 26.1. The molecule has 3 rings (SSSR count). The van der Waals surface area contributed by atoms with Gasteiger partial charge in [-0.25, -0.2) is 13.6 Å². The Bertz CT molecular complexity index is 800. The summed E-state index contributed by atoms with van der Waals surface area (Å²) in [7, 11) is 0. The van der Waals surface area contributed by atoms with E-state index in [1.54, 1.807) is 24.3 Å². The Labute approximate surface area is 150 Å². The van der Waals surface area contributed by atoms with E-state index in [1.807, 2.05) is 4.90 Å². The highest BCUT2D eigenvalue weighted by atomic mass is 19.1. The fourth-order valence-electron chi connectivity index (χ4n) is 2.90. The molecule has 136 valence electrons. The monoisotopic (exact) mass is 359 g/mol. The van der Waals surface area contributed by atoms with Crippen LogP contribution in [0.4, 0.5) is 19.3 Å². The fraction of sp³-hybridized carbons (Fsp3) is 0.263. The number of carbonyl (C=O) groups is 2. The van der Waals surface area contributed by atoms with Crippen molar-refractivity contribution in [1.82, 2.24) is 10.2 Å². The molecule has 0 atom stereocenters. The van der Waals surface area contributed by atoms with E-state index in [0.717, 1.165) is 49.7 Å². The van der Waals surface area contributed by atoms with Crippen LogP contribution in [0.2, 0.25) is 0 Å². The highest BCUT2D eigenvalue weighted by molar-refractivity contribution is 5.94. The number of benzene rings is 2. The maximum absolute atomic E-state index is 13.1. The number of hydrogen-bond acceptors (Lipinski definition) is 2. The molecule has 0 aliphatic carbocycles. The van der Waals surface area contributed by atoms with Crippen LogP contribution in [0.3, 0.4) is 0 Å². The molecular formula is C19H19F2N3O2. The minimum atomic E-state index is -0.770. The molecule has 0 aromatic heterocycles. The van der Waals surface area contributed by atoms with Crippen molar-refractivity contribution in [2.24, 2.45) is 0 Å². The third-order valence-corrected chi connectivity index (χ3v) is 4.14. The van der Waals surface area contributed by atoms with Gasteiger partial charge in [-0.3, -0.25) is 4.79 Å². The number of urea groups is 1. The summed E-state index contributed by atoms with van der Waals surface area (Å²) in [6.07, 6.45) is 2.04. The Morgan fingerprint density at radius 2 is 1.69 bits per heavy atom. The molecule has 1 aliphatic rings. The number of carbonyl (C=O) groups excluding carboxylic acids is 2. The summed E-state index contributed by atoms with van der Waals surface area (Å²) < 4.78 is 26.3. The number of rotatable bonds is 4. The summed E-state index contributed by atoms with van der Waals surface area (Å²) in [6.45, 7) is 1.73. The lowest BCUT2D eigenvalue weighted by Crippen LogP contribution is -2.29. The molecule has 2 N–H and O–H groups in total. The summed E-state index contributed by atoms with van der Waals surface area (Å²) in [6, 6.07) is 9.24. The molecule has 2 aromatic carbocycles. The second-order valence-corrected chi connectivity index (χ2v) is 6.17. The smallest absolute Gasteiger partial charge is 0.319 e. The zero-order valence-corrected chi connectivity index (χ0v) is 14.1. The Kier molecular flexibility index (Phi) is 5.46. The summed E-state index contributed by atoms with van der Waals surface area (Å²) in [5.74, 6) is -1.55. The number of amides is 3. The molecule has 2 aromatic rings. The van der Waals surface area contributed by atoms with Gasteiger partial charge in [0.25, 0.3) is 5.91 Å². The maximum atomic E-state index is 13.1. The zero-order chi connectivity index (χ0) is 18.5. The van der Waals surface area contributed by atoms with Crippen molar-refractivity contribution >= 4 is 17.6 Å². The van der Waals surface area contributed by atoms with Crippen LogP contribution >= 0.6 is 0 Å². The molecule has 3 amide bonds. The van der Waals surface area contributed by atoms with Crippen LogP contribution in [0.15, 0.2) is 42.5 Å². The standard InChI is InChI=1S/C19H19F2N3O2/c20-15-9-16(21)11-17(10-15)23-19(26)22-12-13-4-3-5-14(8-13)18(25)24-6-1-2-7-24/h3-5,8-11H,1-2,6-7,12H2,(H2,22,23,26). The lowest BCUT2D eigenvalue weighted by atomic mass is 10.1. The number of anilines is 1. The normalized spacial score (nSPS) is 13.5. The molecule has 0 unspecified atom stereocenters. The van der Waals surface area contributed by atoms with Gasteiger partial charge in [0.05, 0.1) is 0 Å². The second-order valence-electron chi connectivity index (χ2n) is 6.17. The number of nitrogens with one attached hydrogen (secondary N) is 2. The molecule has 5 nitrogen and oxygen atoms in total. The van der Waals surface area contributed by atoms with Crippen molar-refractivity contribution in [3.8, 4) is 0 Å². The Hall–Kier alpha value is -2.96. The van der Waals surface area contributed by atoms with E-state index in [9.17, 15) is 18.4 Å². The maximum Gasteiger partial charge on any atom is 0.319 e. The summed E-state index contributed by atoms with van der Waals surface area (Å²) >= 11 is 0. The summed E-state index contributed by atoms with van der Waals surface area (Å²) in [5.41, 5.74) is 1.37. The van der Waals surface area contributed by atoms with Gasteiger partial charge in [-0.1, -0.05) is 12.1 Å². The van der Waals surface area contributed by atoms with Crippen LogP contribution in [0.25, 0.3) is 0 Å². The first kappa shape index (κ1) is 17.8. The van der Waals surface area contributed by atoms with E-state index in [-0.39, 0.29) is 18.1 Å². The van der Waals surface area contributed by atoms with Gasteiger partial charge in [0, 0.05) is 37.0 Å². The van der Waals surface area contributed by atoms with Crippen LogP contribution < -0.4 is 10.6 Å². The molecule has 1 fully saturated rings. The first-order chi connectivity index (χ1) is 12.5. The average Bonchev–Trinajstić information content (AvgIpc) is 3.13. The molecule has 1 aliphatic heterocycles. The third-order valence-electron chi connectivity index (χ3n) is 4.14. The zero-order valence-electron chi connectivity index (χ0n) is 14.1. The minimum Gasteiger partial charge on any atom is -0.339 e. The molecule has 1 saturated heterocycles. The van der Waals surface area contributed by atoms with Crippen molar-refractivity contribution in [1.29, 1.82) is 0 Å². The number of halogens is 2. The second kappa shape index (κ2) is 7.95. The van der Waals surface area contributed by atoms with E-state index in [0.29, 0.717) is 5.56 Å². The highest BCUT2D eigenvalue weighted by Crippen LogP contribution is 2.15. The van der Waals surface area contributed by atoms with E-state index in [1.165, 1.54) is 0 Å². The predicted molar refractivity (Wildman–Crippen MR) is 93.8 cm³/mol. The van der Waals surface area contributed by atoms with E-state index >= 15 is 0 Å². The van der Waals surface area contributed by atoms with Gasteiger partial charge < -0.3 is 15.5 Å². The van der Waals surface area contributed by atoms with Crippen molar-refractivity contribution in [3.63, 3.8) is 0 Å². The number of likely N-dealkylation sites (tertiary alicyclic amines) is 1. The summed E-state index contributed by atoms with van der Waals surface area (Å²) in [5, 5.41) is 4.97. The van der Waals surface area contributed by atoms with Crippen LogP contribution in [0, 0.1) is 11.6 Å². The Morgan fingerprint density at radius 1 is 1.00 bits per heavy atom. The van der Waals surface area contributed by atoms with Crippen molar-refractivity contribution in [3.05, 3.63) is 65.2 Å². The predicted octanol–water partition coefficient (Wildman–Crippen LogP) is 3.52. The van der Waals surface area contributed by atoms with Gasteiger partial charge >= 0.3 is 6.03 Å². The topological polar surface area (TPSA) is 61.4 Å². The van der Waals surface area contributed by atoms with Crippen molar-refractivity contribution in [2.75, 3.05) is 18.4 Å². The molecule has 0 spiro atoms. The van der Waals surface area contributed by atoms with Crippen LogP contribution in [-0.2, 0) is 6.54 Å². The molecule has 0 radical (unpaired) electrons. The van der Waals surface area contributed by atoms with Gasteiger partial charge in [0.15, 0.2) is 0 Å². The molecule has 1 heterocycles. The number of hydrogen-bond donors (Lipinski definition) is 2. The third kappa shape index (κ3) is 4.56. The van der Waals surface area contributed by atoms with Gasteiger partial charge in [-0.15, -0.1) is 0 Å². The number of nitrogens with zero attached hydrogens (tertiary/aromatic N) is 1. The minimum absolute atomic E-state index is 0.0102. The highest BCUT2D eigenvalue weighted by Gasteiger charge is 2.19. The van der Waals surface area contributed by atoms with Crippen molar-refractivity contribution in [2.45, 2.75) is 19.4 Å². The molecule has 0 saturated carbocycles. The quantitative estimate of drug-likeness (QED) is 0.877. The largest absolute Gasteiger partial charge is 0.339 e. The molecular weight excluding hydrogens is 340 g/mol. The molecule has 0 bridgehead atoms. The first-order valence-corrected chi connectivity index (χ1v) is 8.40. The lowest BCUT2D eigenvalue weighted by Gasteiger charge is -2.15. The van der Waals surface area contributed by atoms with Crippen molar-refractivity contribution < 1.29 is 18.4 Å². The van der Waals surface area contributed by atoms with Gasteiger partial charge in [0.2, 0.25) is 0 Å². The van der Waals surface area contributed by atoms with E-state index in [2.05, 4.69) is 10.6 Å². The fourth-order valence-corrected chi connectivity index (χ4v) is 2.90. The SMILES string of the molecule is O=C(NCc1cccc(C(=O)N2CCCC2)c1)Nc1cc(F)cc(F)c1. The first-order valence-electron chi connectivity index (χ1n) is 8.40. The average molecular weight is 359 g/mol. The Balaban J connectivity index is 1.58. The van der Waals surface area contributed by atoms with Crippen LogP contribution in [0.5, 0.6) is 0 Å². The molecule has 26 heavy (non-hydrogen) atoms. The van der Waals surface area contributed by atoms with Crippen LogP contribution in [-0.4, -0.2) is 29.9 Å². The van der Waals surface area contributed by atoms with E-state index in [4.69, 9.17) is 0 Å². The van der Waals surface area contributed by atoms with Crippen LogP contribution in [0.1, 0.15) is 28.8 Å². The lowest BCUT2D eigenvalue weighted by molar-refractivity contribution is 0.0792. The van der Waals surface area contributed by atoms with E-state index < -0.39 is 17.7 Å². The van der Waals surface area contributed by atoms with Gasteiger partial charge in [-0.2, -0.15) is 0 Å². The van der Waals surface area contributed by atoms with Gasteiger partial charge in [0.1, 0.15) is 11.6 Å². The van der Waals surface area contributed by atoms with Gasteiger partial charge in [-0.05, 0) is 42.7 Å². The molecule has 7 heteroatoms.